The molecular formula is C11H10FNO2. The monoisotopic (exact) mass is 207 g/mol. The van der Waals surface area contributed by atoms with Crippen molar-refractivity contribution in [2.75, 3.05) is 0 Å². The van der Waals surface area contributed by atoms with Gasteiger partial charge in [0, 0.05) is 6.08 Å². The summed E-state index contributed by atoms with van der Waals surface area (Å²) in [5.41, 5.74) is -0.221. The summed E-state index contributed by atoms with van der Waals surface area (Å²) >= 11 is 0. The van der Waals surface area contributed by atoms with Crippen molar-refractivity contribution >= 4 is 5.78 Å². The van der Waals surface area contributed by atoms with E-state index in [-0.39, 0.29) is 12.2 Å². The van der Waals surface area contributed by atoms with Gasteiger partial charge >= 0.3 is 0 Å². The lowest BCUT2D eigenvalue weighted by atomic mass is 9.93. The summed E-state index contributed by atoms with van der Waals surface area (Å²) in [6, 6.07) is 2.83. The molecule has 0 fully saturated rings. The van der Waals surface area contributed by atoms with Gasteiger partial charge < -0.3 is 4.74 Å². The third kappa shape index (κ3) is 1.88. The Labute approximate surface area is 86.6 Å². The molecule has 0 saturated carbocycles. The summed E-state index contributed by atoms with van der Waals surface area (Å²) < 4.78 is 18.0. The second-order valence-corrected chi connectivity index (χ2v) is 3.66. The molecule has 1 aromatic rings. The zero-order chi connectivity index (χ0) is 10.9. The number of hydrogen-bond acceptors (Lipinski definition) is 3. The third-order valence-electron chi connectivity index (χ3n) is 2.36. The number of pyridine rings is 1. The summed E-state index contributed by atoms with van der Waals surface area (Å²) in [6.45, 7) is 1.76. The molecule has 78 valence electrons. The fourth-order valence-corrected chi connectivity index (χ4v) is 1.53. The van der Waals surface area contributed by atoms with Gasteiger partial charge in [-0.05, 0) is 19.1 Å². The van der Waals surface area contributed by atoms with Crippen molar-refractivity contribution in [3.8, 4) is 0 Å². The number of aromatic nitrogens is 1. The highest BCUT2D eigenvalue weighted by molar-refractivity contribution is 5.90. The molecule has 0 aliphatic carbocycles. The van der Waals surface area contributed by atoms with E-state index in [1.54, 1.807) is 6.92 Å². The minimum Gasteiger partial charge on any atom is -0.488 e. The highest BCUT2D eigenvalue weighted by Crippen LogP contribution is 2.30. The lowest BCUT2D eigenvalue weighted by molar-refractivity contribution is -0.122. The van der Waals surface area contributed by atoms with Crippen molar-refractivity contribution in [3.05, 3.63) is 42.2 Å². The molecule has 0 aromatic carbocycles. The Morgan fingerprint density at radius 1 is 1.53 bits per heavy atom. The van der Waals surface area contributed by atoms with Crippen molar-refractivity contribution < 1.29 is 13.9 Å². The van der Waals surface area contributed by atoms with Gasteiger partial charge in [-0.15, -0.1) is 0 Å². The molecule has 2 heterocycles. The van der Waals surface area contributed by atoms with Crippen LogP contribution in [0.25, 0.3) is 0 Å². The van der Waals surface area contributed by atoms with Gasteiger partial charge in [0.2, 0.25) is 0 Å². The normalized spacial score (nSPS) is 25.1. The Hall–Kier alpha value is -1.71. The lowest BCUT2D eigenvalue weighted by Gasteiger charge is -2.29. The zero-order valence-electron chi connectivity index (χ0n) is 8.24. The number of ether oxygens (including phenoxy) is 1. The van der Waals surface area contributed by atoms with Crippen LogP contribution in [0.15, 0.2) is 30.7 Å². The van der Waals surface area contributed by atoms with Crippen LogP contribution in [-0.4, -0.2) is 10.8 Å². The summed E-state index contributed by atoms with van der Waals surface area (Å²) in [5, 5.41) is 0. The van der Waals surface area contributed by atoms with Crippen LogP contribution >= 0.6 is 0 Å². The van der Waals surface area contributed by atoms with E-state index in [1.165, 1.54) is 24.5 Å². The first-order valence-corrected chi connectivity index (χ1v) is 4.59. The van der Waals surface area contributed by atoms with Crippen LogP contribution in [0.2, 0.25) is 0 Å². The van der Waals surface area contributed by atoms with Gasteiger partial charge in [-0.3, -0.25) is 9.78 Å². The van der Waals surface area contributed by atoms with Crippen LogP contribution in [0.1, 0.15) is 19.0 Å². The smallest absolute Gasteiger partial charge is 0.163 e. The predicted molar refractivity (Wildman–Crippen MR) is 51.4 cm³/mol. The van der Waals surface area contributed by atoms with E-state index < -0.39 is 11.4 Å². The Morgan fingerprint density at radius 3 is 2.93 bits per heavy atom. The Kier molecular flexibility index (Phi) is 2.26. The van der Waals surface area contributed by atoms with Crippen LogP contribution in [0.4, 0.5) is 4.39 Å². The molecule has 0 radical (unpaired) electrons. The molecule has 2 rings (SSSR count). The van der Waals surface area contributed by atoms with E-state index in [2.05, 4.69) is 4.98 Å². The van der Waals surface area contributed by atoms with Crippen molar-refractivity contribution in [1.29, 1.82) is 0 Å². The van der Waals surface area contributed by atoms with Crippen LogP contribution in [-0.2, 0) is 15.1 Å². The van der Waals surface area contributed by atoms with Crippen LogP contribution < -0.4 is 0 Å². The molecule has 1 aliphatic rings. The van der Waals surface area contributed by atoms with Gasteiger partial charge in [-0.25, -0.2) is 4.39 Å². The molecule has 0 amide bonds. The van der Waals surface area contributed by atoms with Crippen molar-refractivity contribution in [3.63, 3.8) is 0 Å². The van der Waals surface area contributed by atoms with E-state index in [0.29, 0.717) is 5.69 Å². The maximum Gasteiger partial charge on any atom is 0.163 e. The molecule has 0 saturated heterocycles. The van der Waals surface area contributed by atoms with E-state index >= 15 is 0 Å². The second kappa shape index (κ2) is 3.46. The number of halogens is 1. The molecule has 0 spiro atoms. The van der Waals surface area contributed by atoms with Crippen LogP contribution in [0, 0.1) is 5.82 Å². The Morgan fingerprint density at radius 2 is 2.33 bits per heavy atom. The molecule has 1 aliphatic heterocycles. The molecule has 0 N–H and O–H groups in total. The molecular weight excluding hydrogens is 197 g/mol. The van der Waals surface area contributed by atoms with Crippen molar-refractivity contribution in [2.45, 2.75) is 18.9 Å². The number of hydrogen-bond donors (Lipinski definition) is 0. The molecule has 1 aromatic heterocycles. The fraction of sp³-hybridized carbons (Fsp3) is 0.273. The minimum absolute atomic E-state index is 0.0186. The average molecular weight is 207 g/mol. The summed E-state index contributed by atoms with van der Waals surface area (Å²) in [5.74, 6) is -0.421. The fourth-order valence-electron chi connectivity index (χ4n) is 1.53. The number of allylic oxidation sites excluding steroid dienone is 1. The third-order valence-corrected chi connectivity index (χ3v) is 2.36. The first-order valence-electron chi connectivity index (χ1n) is 4.59. The molecule has 3 nitrogen and oxygen atoms in total. The van der Waals surface area contributed by atoms with Gasteiger partial charge in [0.25, 0.3) is 0 Å². The van der Waals surface area contributed by atoms with Gasteiger partial charge in [-0.2, -0.15) is 0 Å². The number of nitrogens with zero attached hydrogens (tertiary/aromatic N) is 1. The Bertz CT molecular complexity index is 413. The molecule has 4 heteroatoms. The first-order chi connectivity index (χ1) is 7.10. The van der Waals surface area contributed by atoms with Crippen molar-refractivity contribution in [2.24, 2.45) is 0 Å². The van der Waals surface area contributed by atoms with E-state index in [9.17, 15) is 9.18 Å². The maximum atomic E-state index is 12.7. The van der Waals surface area contributed by atoms with Crippen molar-refractivity contribution in [1.82, 2.24) is 4.98 Å². The average Bonchev–Trinajstić information content (AvgIpc) is 2.18. The highest BCUT2D eigenvalue weighted by atomic mass is 19.1. The maximum absolute atomic E-state index is 12.7. The lowest BCUT2D eigenvalue weighted by Crippen LogP contribution is -2.30. The topological polar surface area (TPSA) is 39.2 Å². The molecule has 0 bridgehead atoms. The van der Waals surface area contributed by atoms with Gasteiger partial charge in [-0.1, -0.05) is 0 Å². The highest BCUT2D eigenvalue weighted by Gasteiger charge is 2.33. The van der Waals surface area contributed by atoms with Crippen LogP contribution in [0.5, 0.6) is 0 Å². The van der Waals surface area contributed by atoms with Crippen LogP contribution in [0.3, 0.4) is 0 Å². The van der Waals surface area contributed by atoms with Gasteiger partial charge in [0.15, 0.2) is 11.4 Å². The van der Waals surface area contributed by atoms with E-state index in [1.807, 2.05) is 0 Å². The molecule has 1 atom stereocenters. The quantitative estimate of drug-likeness (QED) is 0.706. The summed E-state index contributed by atoms with van der Waals surface area (Å²) in [4.78, 5) is 15.2. The number of carbonyl (C=O) groups excluding carboxylic acids is 1. The molecule has 15 heavy (non-hydrogen) atoms. The minimum atomic E-state index is -0.778. The summed E-state index contributed by atoms with van der Waals surface area (Å²) in [7, 11) is 0. The number of carbonyl (C=O) groups is 1. The standard InChI is InChI=1S/C11H10FNO2/c1-11(6-9(14)4-5-15-11)10-3-2-8(12)7-13-10/h2-5,7H,6H2,1H3. The summed E-state index contributed by atoms with van der Waals surface area (Å²) in [6.07, 6.45) is 4.08. The number of ketones is 1. The SMILES string of the molecule is CC1(c2ccc(F)cn2)CC(=O)C=CO1. The predicted octanol–water partition coefficient (Wildman–Crippen LogP) is 1.94. The van der Waals surface area contributed by atoms with Gasteiger partial charge in [0.05, 0.1) is 24.6 Å². The Balaban J connectivity index is 2.33. The number of rotatable bonds is 1. The van der Waals surface area contributed by atoms with E-state index in [4.69, 9.17) is 4.74 Å². The second-order valence-electron chi connectivity index (χ2n) is 3.66. The zero-order valence-corrected chi connectivity index (χ0v) is 8.24. The van der Waals surface area contributed by atoms with E-state index in [0.717, 1.165) is 6.20 Å². The van der Waals surface area contributed by atoms with Gasteiger partial charge in [0.1, 0.15) is 5.82 Å². The first kappa shape index (κ1) is 9.83. The largest absolute Gasteiger partial charge is 0.488 e. The molecule has 1 unspecified atom stereocenters.